The van der Waals surface area contributed by atoms with Crippen molar-refractivity contribution >= 4 is 33.5 Å². The first-order chi connectivity index (χ1) is 15.4. The predicted molar refractivity (Wildman–Crippen MR) is 125 cm³/mol. The number of hydrogen-bond acceptors (Lipinski definition) is 6. The third kappa shape index (κ3) is 4.03. The van der Waals surface area contributed by atoms with E-state index in [1.807, 2.05) is 23.9 Å². The number of likely N-dealkylation sites (tertiary alicyclic amines) is 1. The van der Waals surface area contributed by atoms with Crippen LogP contribution in [0.5, 0.6) is 0 Å². The second-order valence-electron chi connectivity index (χ2n) is 8.61. The molecule has 1 N–H and O–H groups in total. The summed E-state index contributed by atoms with van der Waals surface area (Å²) in [5, 5.41) is -0.528. The van der Waals surface area contributed by atoms with Crippen molar-refractivity contribution in [3.8, 4) is 11.1 Å². The van der Waals surface area contributed by atoms with E-state index in [0.717, 1.165) is 53.0 Å². The highest BCUT2D eigenvalue weighted by Crippen LogP contribution is 2.35. The maximum absolute atomic E-state index is 12.9. The van der Waals surface area contributed by atoms with Crippen LogP contribution in [0.4, 0.5) is 5.82 Å². The summed E-state index contributed by atoms with van der Waals surface area (Å²) in [5.41, 5.74) is 4.89. The smallest absolute Gasteiger partial charge is 0.270 e. The Morgan fingerprint density at radius 2 is 2.06 bits per heavy atom. The molecule has 1 aliphatic carbocycles. The number of nitrogens with zero attached hydrogens (tertiary/aromatic N) is 3. The van der Waals surface area contributed by atoms with Gasteiger partial charge in [0.05, 0.1) is 6.42 Å². The Morgan fingerprint density at radius 1 is 1.25 bits per heavy atom. The average molecular weight is 469 g/mol. The van der Waals surface area contributed by atoms with Gasteiger partial charge < -0.3 is 4.85 Å². The second kappa shape index (κ2) is 8.50. The van der Waals surface area contributed by atoms with Crippen molar-refractivity contribution in [3.63, 3.8) is 0 Å². The SMILES string of the molecule is [C-]#[N+]c1cc(-c2ccc3c(c2CC(=O)NS(=O)(=O)C2CN(C4CSC4)C2)CCC3)ccn1. The van der Waals surface area contributed by atoms with Crippen molar-refractivity contribution in [2.75, 3.05) is 24.6 Å². The van der Waals surface area contributed by atoms with Gasteiger partial charge in [-0.2, -0.15) is 11.8 Å². The number of carbonyl (C=O) groups is 1. The number of thioether (sulfide) groups is 1. The van der Waals surface area contributed by atoms with Crippen molar-refractivity contribution in [2.45, 2.75) is 37.0 Å². The molecule has 0 saturated carbocycles. The van der Waals surface area contributed by atoms with Crippen LogP contribution in [-0.2, 0) is 34.1 Å². The highest BCUT2D eigenvalue weighted by atomic mass is 32.2. The summed E-state index contributed by atoms with van der Waals surface area (Å²) in [6.07, 6.45) is 4.45. The molecule has 2 aromatic rings. The summed E-state index contributed by atoms with van der Waals surface area (Å²) >= 11 is 1.87. The number of fused-ring (bicyclic) bond motifs is 1. The lowest BCUT2D eigenvalue weighted by molar-refractivity contribution is -0.118. The van der Waals surface area contributed by atoms with E-state index >= 15 is 0 Å². The van der Waals surface area contributed by atoms with Gasteiger partial charge >= 0.3 is 0 Å². The highest BCUT2D eigenvalue weighted by molar-refractivity contribution is 8.00. The van der Waals surface area contributed by atoms with Crippen molar-refractivity contribution < 1.29 is 13.2 Å². The number of benzene rings is 1. The number of aromatic nitrogens is 1. The van der Waals surface area contributed by atoms with Crippen LogP contribution in [0, 0.1) is 6.57 Å². The van der Waals surface area contributed by atoms with Gasteiger partial charge in [0, 0.05) is 30.6 Å². The molecule has 1 aromatic heterocycles. The highest BCUT2D eigenvalue weighted by Gasteiger charge is 2.42. The van der Waals surface area contributed by atoms with E-state index in [-0.39, 0.29) is 6.42 Å². The Labute approximate surface area is 192 Å². The second-order valence-corrected chi connectivity index (χ2v) is 11.6. The molecular weight excluding hydrogens is 444 g/mol. The minimum absolute atomic E-state index is 0.00309. The van der Waals surface area contributed by atoms with Gasteiger partial charge in [-0.25, -0.2) is 8.42 Å². The van der Waals surface area contributed by atoms with Gasteiger partial charge in [-0.1, -0.05) is 18.7 Å². The van der Waals surface area contributed by atoms with Crippen molar-refractivity contribution in [3.05, 3.63) is 58.6 Å². The number of nitrogens with one attached hydrogen (secondary N) is 1. The van der Waals surface area contributed by atoms with E-state index in [2.05, 4.69) is 25.5 Å². The molecule has 1 amide bonds. The molecule has 3 aliphatic rings. The molecule has 2 saturated heterocycles. The Kier molecular flexibility index (Phi) is 5.70. The van der Waals surface area contributed by atoms with Crippen LogP contribution in [0.3, 0.4) is 0 Å². The van der Waals surface area contributed by atoms with Gasteiger partial charge in [0.1, 0.15) is 11.4 Å². The summed E-state index contributed by atoms with van der Waals surface area (Å²) in [7, 11) is -3.69. The van der Waals surface area contributed by atoms with Crippen LogP contribution in [0.1, 0.15) is 23.1 Å². The first kappa shape index (κ1) is 21.4. The van der Waals surface area contributed by atoms with Gasteiger partial charge in [-0.3, -0.25) is 14.4 Å². The molecule has 0 spiro atoms. The van der Waals surface area contributed by atoms with E-state index in [1.54, 1.807) is 12.3 Å². The molecule has 32 heavy (non-hydrogen) atoms. The van der Waals surface area contributed by atoms with Crippen LogP contribution in [0.25, 0.3) is 16.0 Å². The molecule has 0 atom stereocenters. The normalized spacial score (nSPS) is 19.0. The molecule has 0 bridgehead atoms. The molecule has 3 heterocycles. The fourth-order valence-electron chi connectivity index (χ4n) is 4.70. The Balaban J connectivity index is 1.36. The zero-order chi connectivity index (χ0) is 22.3. The minimum atomic E-state index is -3.69. The zero-order valence-corrected chi connectivity index (χ0v) is 19.2. The maximum Gasteiger partial charge on any atom is 0.270 e. The lowest BCUT2D eigenvalue weighted by Gasteiger charge is -2.46. The number of carbonyl (C=O) groups excluding carboxylic acids is 1. The molecule has 0 unspecified atom stereocenters. The number of sulfonamides is 1. The number of amides is 1. The third-order valence-electron chi connectivity index (χ3n) is 6.62. The van der Waals surface area contributed by atoms with E-state index in [9.17, 15) is 13.2 Å². The largest absolute Gasteiger partial charge is 0.361 e. The fraction of sp³-hybridized carbons (Fsp3) is 0.435. The molecule has 0 radical (unpaired) electrons. The Bertz CT molecular complexity index is 1210. The van der Waals surface area contributed by atoms with Crippen LogP contribution >= 0.6 is 11.8 Å². The average Bonchev–Trinajstić information content (AvgIpc) is 3.17. The summed E-state index contributed by atoms with van der Waals surface area (Å²) in [5.74, 6) is 1.92. The standard InChI is InChI=1S/C23H24N4O3S2/c1-24-22-9-16(7-8-25-22)20-6-5-15-3-2-4-19(15)21(20)10-23(28)26-32(29,30)18-11-27(12-18)17-13-31-14-17/h5-9,17-18H,2-4,10-14H2,(H,26,28). The van der Waals surface area contributed by atoms with E-state index in [1.165, 1.54) is 5.56 Å². The number of hydrogen-bond donors (Lipinski definition) is 1. The third-order valence-corrected chi connectivity index (χ3v) is 9.55. The van der Waals surface area contributed by atoms with Gasteiger partial charge in [0.2, 0.25) is 15.9 Å². The predicted octanol–water partition coefficient (Wildman–Crippen LogP) is 2.58. The molecule has 9 heteroatoms. The van der Waals surface area contributed by atoms with E-state index < -0.39 is 21.2 Å². The first-order valence-corrected chi connectivity index (χ1v) is 13.5. The van der Waals surface area contributed by atoms with Gasteiger partial charge in [-0.05, 0) is 59.2 Å². The molecular formula is C23H24N4O3S2. The first-order valence-electron chi connectivity index (χ1n) is 10.8. The van der Waals surface area contributed by atoms with Crippen LogP contribution < -0.4 is 4.72 Å². The number of aryl methyl sites for hydroxylation is 1. The monoisotopic (exact) mass is 468 g/mol. The lowest BCUT2D eigenvalue weighted by atomic mass is 9.91. The van der Waals surface area contributed by atoms with Crippen molar-refractivity contribution in [1.29, 1.82) is 0 Å². The fourth-order valence-corrected chi connectivity index (χ4v) is 6.90. The van der Waals surface area contributed by atoms with Gasteiger partial charge in [-0.15, -0.1) is 4.98 Å². The van der Waals surface area contributed by atoms with Crippen molar-refractivity contribution in [2.24, 2.45) is 0 Å². The molecule has 166 valence electrons. The maximum atomic E-state index is 12.9. The Morgan fingerprint density at radius 3 is 2.78 bits per heavy atom. The molecule has 7 nitrogen and oxygen atoms in total. The summed E-state index contributed by atoms with van der Waals surface area (Å²) in [6, 6.07) is 8.08. The molecule has 2 fully saturated rings. The molecule has 2 aliphatic heterocycles. The van der Waals surface area contributed by atoms with E-state index in [4.69, 9.17) is 6.57 Å². The topological polar surface area (TPSA) is 83.7 Å². The quantitative estimate of drug-likeness (QED) is 0.656. The number of rotatable bonds is 6. The van der Waals surface area contributed by atoms with Gasteiger partial charge in [0.15, 0.2) is 0 Å². The summed E-state index contributed by atoms with van der Waals surface area (Å²) in [4.78, 5) is 22.5. The van der Waals surface area contributed by atoms with Crippen LogP contribution in [0.2, 0.25) is 0 Å². The minimum Gasteiger partial charge on any atom is -0.361 e. The summed E-state index contributed by atoms with van der Waals surface area (Å²) in [6.45, 7) is 8.23. The van der Waals surface area contributed by atoms with Gasteiger partial charge in [0.25, 0.3) is 5.82 Å². The number of pyridine rings is 1. The van der Waals surface area contributed by atoms with E-state index in [0.29, 0.717) is 24.9 Å². The Hall–Kier alpha value is -2.41. The lowest BCUT2D eigenvalue weighted by Crippen LogP contribution is -2.63. The summed E-state index contributed by atoms with van der Waals surface area (Å²) < 4.78 is 27.8. The van der Waals surface area contributed by atoms with Crippen LogP contribution in [-0.4, -0.2) is 60.1 Å². The zero-order valence-electron chi connectivity index (χ0n) is 17.6. The molecule has 5 rings (SSSR count). The molecule has 1 aromatic carbocycles. The van der Waals surface area contributed by atoms with Crippen LogP contribution in [0.15, 0.2) is 30.5 Å². The van der Waals surface area contributed by atoms with Crippen molar-refractivity contribution in [1.82, 2.24) is 14.6 Å².